The topological polar surface area (TPSA) is 30.9 Å². The van der Waals surface area contributed by atoms with E-state index in [2.05, 4.69) is 0 Å². The van der Waals surface area contributed by atoms with Gasteiger partial charge in [-0.1, -0.05) is 0 Å². The van der Waals surface area contributed by atoms with Gasteiger partial charge in [-0.05, 0) is 12.1 Å². The molecule has 0 radical (unpaired) electrons. The quantitative estimate of drug-likeness (QED) is 0.818. The molecule has 0 aromatic carbocycles. The van der Waals surface area contributed by atoms with E-state index in [1.165, 1.54) is 19.3 Å². The molecule has 0 amide bonds. The van der Waals surface area contributed by atoms with E-state index in [-0.39, 0.29) is 18.1 Å². The average Bonchev–Trinajstić information content (AvgIpc) is 2.48. The lowest BCUT2D eigenvalue weighted by Gasteiger charge is -2.26. The van der Waals surface area contributed by atoms with E-state index in [4.69, 9.17) is 5.73 Å². The van der Waals surface area contributed by atoms with Crippen molar-refractivity contribution in [2.24, 2.45) is 12.8 Å². The molecular formula is C8H10ClF5N2. The van der Waals surface area contributed by atoms with E-state index in [9.17, 15) is 22.0 Å². The number of nitrogens with zero attached hydrogens (tertiary/aromatic N) is 1. The van der Waals surface area contributed by atoms with Crippen LogP contribution in [-0.2, 0) is 7.05 Å². The predicted octanol–water partition coefficient (Wildman–Crippen LogP) is 2.64. The maximum atomic E-state index is 12.8. The van der Waals surface area contributed by atoms with Crippen molar-refractivity contribution in [2.75, 3.05) is 0 Å². The molecule has 1 rings (SSSR count). The van der Waals surface area contributed by atoms with Crippen molar-refractivity contribution >= 4 is 12.4 Å². The molecule has 0 saturated carbocycles. The first-order valence-corrected chi connectivity index (χ1v) is 3.99. The van der Waals surface area contributed by atoms with Gasteiger partial charge < -0.3 is 10.3 Å². The molecule has 0 aliphatic carbocycles. The minimum Gasteiger partial charge on any atom is -0.353 e. The molecule has 0 aliphatic heterocycles. The van der Waals surface area contributed by atoms with Gasteiger partial charge in [-0.3, -0.25) is 0 Å². The minimum atomic E-state index is -5.64. The first kappa shape index (κ1) is 15.2. The third-order valence-corrected chi connectivity index (χ3v) is 2.07. The molecule has 2 nitrogen and oxygen atoms in total. The van der Waals surface area contributed by atoms with E-state index in [0.29, 0.717) is 0 Å². The van der Waals surface area contributed by atoms with Crippen LogP contribution in [0, 0.1) is 0 Å². The van der Waals surface area contributed by atoms with Crippen LogP contribution in [0.15, 0.2) is 18.3 Å². The highest BCUT2D eigenvalue weighted by atomic mass is 35.5. The standard InChI is InChI=1S/C8H9F5N2.ClH/c1-15-4-2-3-5(15)6(14)7(9,10)8(11,12)13;/h2-4,6H,14H2,1H3;1H/t6-;/m0./s1. The molecule has 16 heavy (non-hydrogen) atoms. The SMILES string of the molecule is Cl.Cn1cccc1[C@H](N)C(F)(F)C(F)(F)F. The highest BCUT2D eigenvalue weighted by molar-refractivity contribution is 5.85. The van der Waals surface area contributed by atoms with Gasteiger partial charge in [-0.2, -0.15) is 22.0 Å². The maximum absolute atomic E-state index is 12.8. The Bertz CT molecular complexity index is 346. The van der Waals surface area contributed by atoms with Gasteiger partial charge >= 0.3 is 12.1 Å². The van der Waals surface area contributed by atoms with Crippen LogP contribution in [-0.4, -0.2) is 16.7 Å². The van der Waals surface area contributed by atoms with E-state index in [1.54, 1.807) is 0 Å². The molecule has 94 valence electrons. The molecule has 0 fully saturated rings. The molecule has 0 unspecified atom stereocenters. The van der Waals surface area contributed by atoms with Crippen LogP contribution in [0.25, 0.3) is 0 Å². The summed E-state index contributed by atoms with van der Waals surface area (Å²) in [6.45, 7) is 0. The molecule has 0 saturated heterocycles. The summed E-state index contributed by atoms with van der Waals surface area (Å²) in [7, 11) is 1.35. The lowest BCUT2D eigenvalue weighted by atomic mass is 10.1. The van der Waals surface area contributed by atoms with Gasteiger partial charge in [0.2, 0.25) is 0 Å². The highest BCUT2D eigenvalue weighted by Crippen LogP contribution is 2.43. The molecule has 0 bridgehead atoms. The predicted molar refractivity (Wildman–Crippen MR) is 50.6 cm³/mol. The lowest BCUT2D eigenvalue weighted by molar-refractivity contribution is -0.291. The van der Waals surface area contributed by atoms with Crippen molar-refractivity contribution in [2.45, 2.75) is 18.1 Å². The lowest BCUT2D eigenvalue weighted by Crippen LogP contribution is -2.46. The average molecular weight is 265 g/mol. The second-order valence-electron chi connectivity index (χ2n) is 3.14. The number of aryl methyl sites for hydroxylation is 1. The molecule has 2 N–H and O–H groups in total. The second kappa shape index (κ2) is 4.58. The monoisotopic (exact) mass is 264 g/mol. The van der Waals surface area contributed by atoms with E-state index < -0.39 is 18.1 Å². The van der Waals surface area contributed by atoms with Crippen molar-refractivity contribution in [3.8, 4) is 0 Å². The second-order valence-corrected chi connectivity index (χ2v) is 3.14. The molecule has 0 aliphatic rings. The Labute approximate surface area is 94.6 Å². The summed E-state index contributed by atoms with van der Waals surface area (Å²) in [6.07, 6.45) is -4.29. The van der Waals surface area contributed by atoms with Gasteiger partial charge in [0.25, 0.3) is 0 Å². The molecule has 1 aromatic rings. The summed E-state index contributed by atoms with van der Waals surface area (Å²) in [4.78, 5) is 0. The van der Waals surface area contributed by atoms with Gasteiger partial charge in [0, 0.05) is 18.9 Å². The van der Waals surface area contributed by atoms with Crippen molar-refractivity contribution in [3.63, 3.8) is 0 Å². The zero-order valence-corrected chi connectivity index (χ0v) is 8.95. The number of halogens is 6. The van der Waals surface area contributed by atoms with Crippen LogP contribution in [0.5, 0.6) is 0 Å². The summed E-state index contributed by atoms with van der Waals surface area (Å²) < 4.78 is 62.6. The number of hydrogen-bond donors (Lipinski definition) is 1. The van der Waals surface area contributed by atoms with Crippen LogP contribution >= 0.6 is 12.4 Å². The third-order valence-electron chi connectivity index (χ3n) is 2.07. The Kier molecular flexibility index (Phi) is 4.35. The number of rotatable bonds is 2. The fourth-order valence-corrected chi connectivity index (χ4v) is 1.16. The fourth-order valence-electron chi connectivity index (χ4n) is 1.16. The number of alkyl halides is 5. The smallest absolute Gasteiger partial charge is 0.353 e. The largest absolute Gasteiger partial charge is 0.455 e. The summed E-state index contributed by atoms with van der Waals surface area (Å²) in [5.74, 6) is -4.93. The molecule has 0 spiro atoms. The first-order valence-electron chi connectivity index (χ1n) is 3.99. The molecule has 1 aromatic heterocycles. The zero-order valence-electron chi connectivity index (χ0n) is 8.13. The van der Waals surface area contributed by atoms with Gasteiger partial charge in [0.1, 0.15) is 6.04 Å². The van der Waals surface area contributed by atoms with Crippen LogP contribution in [0.2, 0.25) is 0 Å². The van der Waals surface area contributed by atoms with Gasteiger partial charge in [0.15, 0.2) is 0 Å². The maximum Gasteiger partial charge on any atom is 0.455 e. The van der Waals surface area contributed by atoms with Crippen LogP contribution in [0.1, 0.15) is 11.7 Å². The molecule has 1 atom stereocenters. The summed E-state index contributed by atoms with van der Waals surface area (Å²) in [5, 5.41) is 0. The summed E-state index contributed by atoms with van der Waals surface area (Å²) in [5.41, 5.74) is 4.65. The zero-order chi connectivity index (χ0) is 11.9. The van der Waals surface area contributed by atoms with Gasteiger partial charge in [-0.25, -0.2) is 0 Å². The summed E-state index contributed by atoms with van der Waals surface area (Å²) >= 11 is 0. The van der Waals surface area contributed by atoms with Crippen LogP contribution in [0.4, 0.5) is 22.0 Å². The normalized spacial score (nSPS) is 14.4. The van der Waals surface area contributed by atoms with Crippen LogP contribution in [0.3, 0.4) is 0 Å². The van der Waals surface area contributed by atoms with Crippen molar-refractivity contribution in [1.29, 1.82) is 0 Å². The first-order chi connectivity index (χ1) is 6.68. The Morgan fingerprint density at radius 1 is 1.25 bits per heavy atom. The fraction of sp³-hybridized carbons (Fsp3) is 0.500. The molecule has 1 heterocycles. The summed E-state index contributed by atoms with van der Waals surface area (Å²) in [6, 6.07) is 0.0869. The number of hydrogen-bond acceptors (Lipinski definition) is 1. The Morgan fingerprint density at radius 3 is 2.06 bits per heavy atom. The van der Waals surface area contributed by atoms with Crippen molar-refractivity contribution < 1.29 is 22.0 Å². The van der Waals surface area contributed by atoms with Crippen molar-refractivity contribution in [1.82, 2.24) is 4.57 Å². The minimum absolute atomic E-state index is 0. The number of aromatic nitrogens is 1. The highest BCUT2D eigenvalue weighted by Gasteiger charge is 2.62. The molecule has 8 heteroatoms. The van der Waals surface area contributed by atoms with E-state index in [1.807, 2.05) is 0 Å². The Morgan fingerprint density at radius 2 is 1.75 bits per heavy atom. The van der Waals surface area contributed by atoms with Crippen LogP contribution < -0.4 is 5.73 Å². The van der Waals surface area contributed by atoms with Gasteiger partial charge in [0.05, 0.1) is 0 Å². The van der Waals surface area contributed by atoms with Gasteiger partial charge in [-0.15, -0.1) is 12.4 Å². The third kappa shape index (κ3) is 2.46. The molecular weight excluding hydrogens is 255 g/mol. The van der Waals surface area contributed by atoms with E-state index >= 15 is 0 Å². The Hall–Kier alpha value is -0.820. The van der Waals surface area contributed by atoms with Crippen molar-refractivity contribution in [3.05, 3.63) is 24.0 Å². The van der Waals surface area contributed by atoms with E-state index in [0.717, 1.165) is 10.6 Å². The number of nitrogens with two attached hydrogens (primary N) is 1. The Balaban J connectivity index is 0.00000225.